The second-order valence-corrected chi connectivity index (χ2v) is 6.68. The van der Waals surface area contributed by atoms with Crippen LogP contribution in [0.3, 0.4) is 0 Å². The van der Waals surface area contributed by atoms with Gasteiger partial charge in [0, 0.05) is 21.7 Å². The summed E-state index contributed by atoms with van der Waals surface area (Å²) >= 11 is 1.55. The Morgan fingerprint density at radius 3 is 2.61 bits per heavy atom. The van der Waals surface area contributed by atoms with Crippen molar-refractivity contribution in [2.24, 2.45) is 5.92 Å². The maximum absolute atomic E-state index is 12.7. The van der Waals surface area contributed by atoms with Gasteiger partial charge in [-0.1, -0.05) is 26.3 Å². The number of ketones is 1. The SMILES string of the molecule is CCC(C)[C@H](NC(=O)c1ccc(N)cc1-c1cccs1)C(C)=O. The van der Waals surface area contributed by atoms with Crippen LogP contribution >= 0.6 is 11.3 Å². The van der Waals surface area contributed by atoms with Crippen molar-refractivity contribution < 1.29 is 9.59 Å². The first-order valence-electron chi connectivity index (χ1n) is 7.68. The molecule has 2 rings (SSSR count). The highest BCUT2D eigenvalue weighted by Crippen LogP contribution is 2.30. The minimum absolute atomic E-state index is 0.0270. The van der Waals surface area contributed by atoms with E-state index in [1.54, 1.807) is 29.5 Å². The van der Waals surface area contributed by atoms with Gasteiger partial charge in [-0.25, -0.2) is 0 Å². The van der Waals surface area contributed by atoms with E-state index in [-0.39, 0.29) is 17.6 Å². The number of hydrogen-bond acceptors (Lipinski definition) is 4. The van der Waals surface area contributed by atoms with Crippen molar-refractivity contribution >= 4 is 28.7 Å². The number of anilines is 1. The third kappa shape index (κ3) is 3.99. The first kappa shape index (κ1) is 17.2. The number of Topliss-reactive ketones (excluding diaryl/α,β-unsaturated/α-hetero) is 1. The molecule has 0 saturated carbocycles. The van der Waals surface area contributed by atoms with Crippen molar-refractivity contribution in [3.05, 3.63) is 41.3 Å². The second kappa shape index (κ2) is 7.42. The highest BCUT2D eigenvalue weighted by molar-refractivity contribution is 7.13. The topological polar surface area (TPSA) is 72.2 Å². The van der Waals surface area contributed by atoms with E-state index >= 15 is 0 Å². The van der Waals surface area contributed by atoms with Gasteiger partial charge in [-0.2, -0.15) is 0 Å². The Labute approximate surface area is 140 Å². The van der Waals surface area contributed by atoms with Crippen molar-refractivity contribution in [2.45, 2.75) is 33.2 Å². The first-order chi connectivity index (χ1) is 10.9. The zero-order chi connectivity index (χ0) is 17.0. The minimum Gasteiger partial charge on any atom is -0.399 e. The van der Waals surface area contributed by atoms with Crippen molar-refractivity contribution in [3.63, 3.8) is 0 Å². The fourth-order valence-electron chi connectivity index (χ4n) is 2.49. The van der Waals surface area contributed by atoms with Crippen molar-refractivity contribution in [3.8, 4) is 10.4 Å². The molecule has 0 bridgehead atoms. The van der Waals surface area contributed by atoms with Crippen molar-refractivity contribution in [1.29, 1.82) is 0 Å². The number of thiophene rings is 1. The van der Waals surface area contributed by atoms with Crippen LogP contribution in [0, 0.1) is 5.92 Å². The van der Waals surface area contributed by atoms with E-state index in [0.29, 0.717) is 11.3 Å². The highest BCUT2D eigenvalue weighted by atomic mass is 32.1. The predicted octanol–water partition coefficient (Wildman–Crippen LogP) is 3.73. The van der Waals surface area contributed by atoms with E-state index in [4.69, 9.17) is 5.73 Å². The molecule has 1 amide bonds. The molecule has 2 atom stereocenters. The third-order valence-corrected chi connectivity index (χ3v) is 4.92. The number of rotatable bonds is 6. The Kier molecular flexibility index (Phi) is 5.55. The van der Waals surface area contributed by atoms with Gasteiger partial charge in [0.05, 0.1) is 6.04 Å². The molecule has 0 aliphatic heterocycles. The monoisotopic (exact) mass is 330 g/mol. The summed E-state index contributed by atoms with van der Waals surface area (Å²) in [4.78, 5) is 25.5. The van der Waals surface area contributed by atoms with Gasteiger partial charge < -0.3 is 11.1 Å². The van der Waals surface area contributed by atoms with E-state index in [2.05, 4.69) is 5.32 Å². The van der Waals surface area contributed by atoms with Gasteiger partial charge in [-0.3, -0.25) is 9.59 Å². The van der Waals surface area contributed by atoms with Crippen LogP contribution in [0.1, 0.15) is 37.6 Å². The molecule has 5 heteroatoms. The molecule has 0 spiro atoms. The molecule has 1 aromatic carbocycles. The summed E-state index contributed by atoms with van der Waals surface area (Å²) in [5.41, 5.74) is 7.81. The fraction of sp³-hybridized carbons (Fsp3) is 0.333. The summed E-state index contributed by atoms with van der Waals surface area (Å²) in [6.45, 7) is 5.49. The molecule has 0 radical (unpaired) electrons. The first-order valence-corrected chi connectivity index (χ1v) is 8.56. The molecule has 1 aromatic heterocycles. The zero-order valence-corrected chi connectivity index (χ0v) is 14.4. The smallest absolute Gasteiger partial charge is 0.252 e. The molecule has 2 aromatic rings. The zero-order valence-electron chi connectivity index (χ0n) is 13.6. The quantitative estimate of drug-likeness (QED) is 0.793. The van der Waals surface area contributed by atoms with Gasteiger partial charge in [0.2, 0.25) is 0 Å². The maximum atomic E-state index is 12.7. The lowest BCUT2D eigenvalue weighted by Crippen LogP contribution is -2.44. The lowest BCUT2D eigenvalue weighted by atomic mass is 9.95. The molecule has 122 valence electrons. The molecule has 4 nitrogen and oxygen atoms in total. The Morgan fingerprint density at radius 2 is 2.04 bits per heavy atom. The summed E-state index contributed by atoms with van der Waals surface area (Å²) in [5.74, 6) is -0.176. The molecule has 0 saturated heterocycles. The normalized spacial score (nSPS) is 13.3. The van der Waals surface area contributed by atoms with Gasteiger partial charge in [0.1, 0.15) is 0 Å². The number of amides is 1. The van der Waals surface area contributed by atoms with Crippen molar-refractivity contribution in [1.82, 2.24) is 5.32 Å². The Bertz CT molecular complexity index is 695. The van der Waals surface area contributed by atoms with Gasteiger partial charge in [0.25, 0.3) is 5.91 Å². The highest BCUT2D eigenvalue weighted by Gasteiger charge is 2.24. The van der Waals surface area contributed by atoms with E-state index in [9.17, 15) is 9.59 Å². The molecule has 23 heavy (non-hydrogen) atoms. The van der Waals surface area contributed by atoms with Crippen LogP contribution in [0.2, 0.25) is 0 Å². The fourth-order valence-corrected chi connectivity index (χ4v) is 3.25. The van der Waals surface area contributed by atoms with Crippen LogP contribution in [0.25, 0.3) is 10.4 Å². The van der Waals surface area contributed by atoms with E-state index in [1.807, 2.05) is 31.4 Å². The van der Waals surface area contributed by atoms with Crippen LogP contribution in [-0.2, 0) is 4.79 Å². The van der Waals surface area contributed by atoms with E-state index in [0.717, 1.165) is 16.9 Å². The summed E-state index contributed by atoms with van der Waals surface area (Å²) in [5, 5.41) is 4.84. The number of nitrogens with one attached hydrogen (secondary N) is 1. The maximum Gasteiger partial charge on any atom is 0.252 e. The molecule has 0 fully saturated rings. The summed E-state index contributed by atoms with van der Waals surface area (Å²) < 4.78 is 0. The van der Waals surface area contributed by atoms with E-state index in [1.165, 1.54) is 6.92 Å². The lowest BCUT2D eigenvalue weighted by molar-refractivity contribution is -0.119. The van der Waals surface area contributed by atoms with Gasteiger partial charge in [-0.05, 0) is 42.5 Å². The second-order valence-electron chi connectivity index (χ2n) is 5.73. The largest absolute Gasteiger partial charge is 0.399 e. The van der Waals surface area contributed by atoms with Crippen LogP contribution < -0.4 is 11.1 Å². The summed E-state index contributed by atoms with van der Waals surface area (Å²) in [6, 6.07) is 8.63. The van der Waals surface area contributed by atoms with Gasteiger partial charge in [0.15, 0.2) is 5.78 Å². The molecular formula is C18H22N2O2S. The molecule has 3 N–H and O–H groups in total. The molecule has 1 unspecified atom stereocenters. The number of benzene rings is 1. The summed E-state index contributed by atoms with van der Waals surface area (Å²) in [7, 11) is 0. The summed E-state index contributed by atoms with van der Waals surface area (Å²) in [6.07, 6.45) is 0.823. The molecular weight excluding hydrogens is 308 g/mol. The van der Waals surface area contributed by atoms with Crippen LogP contribution in [0.5, 0.6) is 0 Å². The molecule has 0 aliphatic rings. The van der Waals surface area contributed by atoms with Crippen LogP contribution in [-0.4, -0.2) is 17.7 Å². The van der Waals surface area contributed by atoms with Gasteiger partial charge >= 0.3 is 0 Å². The third-order valence-electron chi connectivity index (χ3n) is 4.01. The molecule has 0 aliphatic carbocycles. The predicted molar refractivity (Wildman–Crippen MR) is 95.6 cm³/mol. The minimum atomic E-state index is -0.471. The van der Waals surface area contributed by atoms with Crippen LogP contribution in [0.15, 0.2) is 35.7 Å². The number of carbonyl (C=O) groups excluding carboxylic acids is 2. The van der Waals surface area contributed by atoms with E-state index < -0.39 is 6.04 Å². The average Bonchev–Trinajstić information content (AvgIpc) is 3.05. The Hall–Kier alpha value is -2.14. The number of nitrogens with two attached hydrogens (primary N) is 1. The average molecular weight is 330 g/mol. The number of nitrogen functional groups attached to an aromatic ring is 1. The lowest BCUT2D eigenvalue weighted by Gasteiger charge is -2.22. The van der Waals surface area contributed by atoms with Crippen molar-refractivity contribution in [2.75, 3.05) is 5.73 Å². The van der Waals surface area contributed by atoms with Crippen LogP contribution in [0.4, 0.5) is 5.69 Å². The number of carbonyl (C=O) groups is 2. The Balaban J connectivity index is 2.34. The standard InChI is InChI=1S/C18H22N2O2S/c1-4-11(2)17(12(3)21)20-18(22)14-8-7-13(19)10-15(14)16-6-5-9-23-16/h5-11,17H,4,19H2,1-3H3,(H,20,22)/t11?,17-/m0/s1. The Morgan fingerprint density at radius 1 is 1.30 bits per heavy atom. The molecule has 1 heterocycles. The number of hydrogen-bond donors (Lipinski definition) is 2. The van der Waals surface area contributed by atoms with Gasteiger partial charge in [-0.15, -0.1) is 11.3 Å².